The maximum Gasteiger partial charge on any atom is 0.156 e. The summed E-state index contributed by atoms with van der Waals surface area (Å²) in [4.78, 5) is 13.0. The lowest BCUT2D eigenvalue weighted by Crippen LogP contribution is -2.16. The monoisotopic (exact) mass is 454 g/mol. The van der Waals surface area contributed by atoms with Crippen LogP contribution in [-0.2, 0) is 17.8 Å². The first-order valence-electron chi connectivity index (χ1n) is 11.3. The SMILES string of the molecule is CC.CC(=O)/C1=C/C=C(/Oc2ccc(CNCCc3cccs3)cc2C)CC=CC1.CN. The zero-order valence-electron chi connectivity index (χ0n) is 20.1. The van der Waals surface area contributed by atoms with Crippen molar-refractivity contribution in [2.24, 2.45) is 5.73 Å². The van der Waals surface area contributed by atoms with Crippen LogP contribution >= 0.6 is 11.3 Å². The first-order valence-corrected chi connectivity index (χ1v) is 12.1. The molecule has 0 atom stereocenters. The fourth-order valence-corrected chi connectivity index (χ4v) is 3.76. The maximum atomic E-state index is 11.6. The summed E-state index contributed by atoms with van der Waals surface area (Å²) in [5, 5.41) is 5.62. The minimum Gasteiger partial charge on any atom is -0.461 e. The van der Waals surface area contributed by atoms with Gasteiger partial charge in [-0.2, -0.15) is 0 Å². The van der Waals surface area contributed by atoms with Crippen molar-refractivity contribution >= 4 is 17.1 Å². The highest BCUT2D eigenvalue weighted by Gasteiger charge is 2.07. The third-order valence-corrected chi connectivity index (χ3v) is 5.62. The van der Waals surface area contributed by atoms with Gasteiger partial charge in [-0.15, -0.1) is 11.3 Å². The number of thiophene rings is 1. The number of ether oxygens (including phenoxy) is 1. The number of Topliss-reactive ketones (excluding diaryl/α,β-unsaturated/α-hetero) is 1. The Bertz CT molecular complexity index is 896. The summed E-state index contributed by atoms with van der Waals surface area (Å²) < 4.78 is 6.11. The lowest BCUT2D eigenvalue weighted by Gasteiger charge is -2.13. The number of rotatable bonds is 8. The Morgan fingerprint density at radius 1 is 1.12 bits per heavy atom. The number of hydrogen-bond acceptors (Lipinski definition) is 5. The van der Waals surface area contributed by atoms with Gasteiger partial charge < -0.3 is 15.8 Å². The van der Waals surface area contributed by atoms with E-state index in [1.54, 1.807) is 18.3 Å². The molecule has 2 aromatic rings. The van der Waals surface area contributed by atoms with Gasteiger partial charge in [0.05, 0.1) is 0 Å². The molecule has 0 bridgehead atoms. The van der Waals surface area contributed by atoms with E-state index in [0.29, 0.717) is 6.42 Å². The average molecular weight is 455 g/mol. The second-order valence-corrected chi connectivity index (χ2v) is 8.00. The van der Waals surface area contributed by atoms with Crippen LogP contribution in [0.5, 0.6) is 5.75 Å². The van der Waals surface area contributed by atoms with E-state index < -0.39 is 0 Å². The van der Waals surface area contributed by atoms with Crippen molar-refractivity contribution in [3.05, 3.63) is 87.4 Å². The number of nitrogens with two attached hydrogens (primary N) is 1. The van der Waals surface area contributed by atoms with E-state index in [0.717, 1.165) is 48.6 Å². The molecule has 5 heteroatoms. The quantitative estimate of drug-likeness (QED) is 0.373. The summed E-state index contributed by atoms with van der Waals surface area (Å²) in [6, 6.07) is 10.6. The smallest absolute Gasteiger partial charge is 0.156 e. The number of benzene rings is 1. The van der Waals surface area contributed by atoms with E-state index in [-0.39, 0.29) is 5.78 Å². The van der Waals surface area contributed by atoms with Crippen LogP contribution < -0.4 is 15.8 Å². The van der Waals surface area contributed by atoms with Crippen LogP contribution in [0.2, 0.25) is 0 Å². The largest absolute Gasteiger partial charge is 0.461 e. The number of hydrogen-bond donors (Lipinski definition) is 2. The van der Waals surface area contributed by atoms with Crippen molar-refractivity contribution in [1.29, 1.82) is 0 Å². The Hall–Kier alpha value is -2.47. The summed E-state index contributed by atoms with van der Waals surface area (Å²) in [5.74, 6) is 1.81. The van der Waals surface area contributed by atoms with Crippen LogP contribution in [0.25, 0.3) is 0 Å². The molecule has 0 amide bonds. The fourth-order valence-electron chi connectivity index (χ4n) is 3.05. The van der Waals surface area contributed by atoms with Gasteiger partial charge >= 0.3 is 0 Å². The molecule has 1 aromatic heterocycles. The van der Waals surface area contributed by atoms with Crippen molar-refractivity contribution in [2.75, 3.05) is 13.6 Å². The number of carbonyl (C=O) groups is 1. The van der Waals surface area contributed by atoms with Crippen LogP contribution in [0, 0.1) is 6.92 Å². The van der Waals surface area contributed by atoms with E-state index in [1.165, 1.54) is 17.5 Å². The fraction of sp³-hybridized carbons (Fsp3) is 0.370. The number of allylic oxidation sites excluding steroid dienone is 5. The van der Waals surface area contributed by atoms with Gasteiger partial charge in [-0.25, -0.2) is 0 Å². The first-order chi connectivity index (χ1) is 15.6. The topological polar surface area (TPSA) is 64.3 Å². The normalized spacial score (nSPS) is 15.9. The van der Waals surface area contributed by atoms with Crippen LogP contribution in [0.4, 0.5) is 0 Å². The molecule has 4 nitrogen and oxygen atoms in total. The van der Waals surface area contributed by atoms with Crippen molar-refractivity contribution in [1.82, 2.24) is 5.32 Å². The first kappa shape index (κ1) is 27.6. The molecule has 1 aliphatic rings. The van der Waals surface area contributed by atoms with Gasteiger partial charge in [0.1, 0.15) is 11.5 Å². The molecule has 0 radical (unpaired) electrons. The van der Waals surface area contributed by atoms with Crippen molar-refractivity contribution < 1.29 is 9.53 Å². The van der Waals surface area contributed by atoms with Gasteiger partial charge in [0, 0.05) is 24.4 Å². The minimum atomic E-state index is 0.106. The summed E-state index contributed by atoms with van der Waals surface area (Å²) in [6.45, 7) is 9.50. The zero-order valence-corrected chi connectivity index (χ0v) is 20.9. The average Bonchev–Trinajstić information content (AvgIpc) is 3.31. The number of ketones is 1. The predicted octanol–water partition coefficient (Wildman–Crippen LogP) is 6.12. The van der Waals surface area contributed by atoms with Gasteiger partial charge in [-0.05, 0) is 74.0 Å². The van der Waals surface area contributed by atoms with E-state index >= 15 is 0 Å². The van der Waals surface area contributed by atoms with Crippen molar-refractivity contribution in [2.45, 2.75) is 53.5 Å². The summed E-state index contributed by atoms with van der Waals surface area (Å²) in [6.07, 6.45) is 10.4. The number of nitrogens with one attached hydrogen (secondary N) is 1. The van der Waals surface area contributed by atoms with Gasteiger partial charge in [-0.3, -0.25) is 4.79 Å². The standard InChI is InChI=1S/C24H27NO2S.C2H6.CH5N/c1-18-16-20(17-25-14-13-23-8-5-15-28-23)9-12-24(18)27-22-7-4-3-6-21(10-11-22)19(2)26;2*1-2/h3-5,8-12,15-16,25H,6-7,13-14,17H2,1-2H3;1-2H3;2H2,1H3/b4-3?,21-10+,22-11+;;. The molecule has 174 valence electrons. The molecule has 1 aliphatic carbocycles. The second kappa shape index (κ2) is 16.2. The Balaban J connectivity index is 0.00000121. The molecule has 3 N–H and O–H groups in total. The predicted molar refractivity (Wildman–Crippen MR) is 138 cm³/mol. The van der Waals surface area contributed by atoms with Gasteiger partial charge in [0.25, 0.3) is 0 Å². The Morgan fingerprint density at radius 2 is 1.88 bits per heavy atom. The highest BCUT2D eigenvalue weighted by Crippen LogP contribution is 2.24. The molecular weight excluding hydrogens is 416 g/mol. The lowest BCUT2D eigenvalue weighted by molar-refractivity contribution is -0.113. The van der Waals surface area contributed by atoms with Crippen molar-refractivity contribution in [3.63, 3.8) is 0 Å². The second-order valence-electron chi connectivity index (χ2n) is 6.97. The molecule has 1 aromatic carbocycles. The van der Waals surface area contributed by atoms with E-state index in [9.17, 15) is 4.79 Å². The van der Waals surface area contributed by atoms with Crippen LogP contribution in [0.1, 0.15) is 49.6 Å². The summed E-state index contributed by atoms with van der Waals surface area (Å²) in [7, 11) is 1.50. The molecule has 0 unspecified atom stereocenters. The lowest BCUT2D eigenvalue weighted by atomic mass is 10.1. The molecule has 0 fully saturated rings. The third-order valence-electron chi connectivity index (χ3n) is 4.68. The molecule has 0 saturated carbocycles. The van der Waals surface area contributed by atoms with Crippen molar-refractivity contribution in [3.8, 4) is 5.75 Å². The van der Waals surface area contributed by atoms with Crippen LogP contribution in [0.3, 0.4) is 0 Å². The number of aryl methyl sites for hydroxylation is 1. The Kier molecular flexibility index (Phi) is 14.0. The summed E-state index contributed by atoms with van der Waals surface area (Å²) in [5.41, 5.74) is 7.67. The molecule has 0 saturated heterocycles. The van der Waals surface area contributed by atoms with E-state index in [2.05, 4.69) is 53.7 Å². The molecule has 3 rings (SSSR count). The summed E-state index contributed by atoms with van der Waals surface area (Å²) >= 11 is 1.81. The molecule has 1 heterocycles. The molecule has 0 aliphatic heterocycles. The van der Waals surface area contributed by atoms with Gasteiger partial charge in [-0.1, -0.05) is 50.3 Å². The van der Waals surface area contributed by atoms with E-state index in [1.807, 2.05) is 38.1 Å². The number of carbonyl (C=O) groups excluding carboxylic acids is 1. The van der Waals surface area contributed by atoms with Crippen LogP contribution in [0.15, 0.2) is 71.3 Å². The maximum absolute atomic E-state index is 11.6. The van der Waals surface area contributed by atoms with Crippen LogP contribution in [-0.4, -0.2) is 19.4 Å². The van der Waals surface area contributed by atoms with E-state index in [4.69, 9.17) is 4.74 Å². The minimum absolute atomic E-state index is 0.106. The molecule has 32 heavy (non-hydrogen) atoms. The molecule has 0 spiro atoms. The highest BCUT2D eigenvalue weighted by molar-refractivity contribution is 7.09. The molecular formula is C27H38N2O2S. The van der Waals surface area contributed by atoms with Gasteiger partial charge in [0.15, 0.2) is 5.78 Å². The zero-order chi connectivity index (χ0) is 23.8. The Morgan fingerprint density at radius 3 is 2.53 bits per heavy atom. The third kappa shape index (κ3) is 9.77. The van der Waals surface area contributed by atoms with Gasteiger partial charge in [0.2, 0.25) is 0 Å². The Labute approximate surface area is 197 Å². The highest BCUT2D eigenvalue weighted by atomic mass is 32.1.